The predicted octanol–water partition coefficient (Wildman–Crippen LogP) is 1.29. The van der Waals surface area contributed by atoms with Crippen LogP contribution in [0.4, 0.5) is 11.4 Å². The highest BCUT2D eigenvalue weighted by molar-refractivity contribution is 7.89. The van der Waals surface area contributed by atoms with Gasteiger partial charge >= 0.3 is 0 Å². The molecule has 2 aliphatic heterocycles. The molecule has 0 aromatic heterocycles. The predicted molar refractivity (Wildman–Crippen MR) is 128 cm³/mol. The summed E-state index contributed by atoms with van der Waals surface area (Å²) in [5, 5.41) is 14.8. The van der Waals surface area contributed by atoms with Crippen LogP contribution < -0.4 is 10.2 Å². The van der Waals surface area contributed by atoms with E-state index in [0.29, 0.717) is 51.4 Å². The summed E-state index contributed by atoms with van der Waals surface area (Å²) in [5.74, 6) is -0.110. The Hall–Kier alpha value is -2.28. The van der Waals surface area contributed by atoms with Crippen LogP contribution in [-0.2, 0) is 19.6 Å². The average Bonchev–Trinajstić information content (AvgIpc) is 2.86. The van der Waals surface area contributed by atoms with Gasteiger partial charge in [-0.1, -0.05) is 13.8 Å². The van der Waals surface area contributed by atoms with Crippen LogP contribution in [0, 0.1) is 16.0 Å². The van der Waals surface area contributed by atoms with E-state index in [1.165, 1.54) is 16.4 Å². The first kappa shape index (κ1) is 26.3. The third-order valence-electron chi connectivity index (χ3n) is 6.58. The van der Waals surface area contributed by atoms with Crippen molar-refractivity contribution < 1.29 is 22.9 Å². The molecule has 0 saturated carbocycles. The van der Waals surface area contributed by atoms with Crippen LogP contribution in [0.3, 0.4) is 0 Å². The Morgan fingerprint density at radius 3 is 2.41 bits per heavy atom. The smallest absolute Gasteiger partial charge is 0.293 e. The lowest BCUT2D eigenvalue weighted by Gasteiger charge is -2.33. The molecule has 0 bridgehead atoms. The summed E-state index contributed by atoms with van der Waals surface area (Å²) in [7, 11) is -3.83. The molecule has 1 amide bonds. The Labute approximate surface area is 201 Å². The van der Waals surface area contributed by atoms with Gasteiger partial charge in [-0.25, -0.2) is 8.42 Å². The number of rotatable bonds is 10. The molecular formula is C22H35N5O6S. The zero-order valence-corrected chi connectivity index (χ0v) is 20.8. The van der Waals surface area contributed by atoms with E-state index >= 15 is 0 Å². The summed E-state index contributed by atoms with van der Waals surface area (Å²) in [6, 6.07) is 4.08. The van der Waals surface area contributed by atoms with Gasteiger partial charge in [-0.3, -0.25) is 14.9 Å². The fraction of sp³-hybridized carbons (Fsp3) is 0.682. The first-order valence-corrected chi connectivity index (χ1v) is 13.3. The van der Waals surface area contributed by atoms with Crippen LogP contribution in [0.25, 0.3) is 0 Å². The molecule has 2 heterocycles. The van der Waals surface area contributed by atoms with Crippen molar-refractivity contribution in [2.45, 2.75) is 31.6 Å². The molecule has 1 aromatic carbocycles. The second kappa shape index (κ2) is 11.9. The topological polar surface area (TPSA) is 125 Å². The van der Waals surface area contributed by atoms with Gasteiger partial charge < -0.3 is 19.9 Å². The van der Waals surface area contributed by atoms with Gasteiger partial charge in [-0.05, 0) is 38.1 Å². The van der Waals surface area contributed by atoms with Gasteiger partial charge in [0.15, 0.2) is 0 Å². The molecule has 1 aromatic rings. The zero-order chi connectivity index (χ0) is 24.7. The van der Waals surface area contributed by atoms with Gasteiger partial charge in [0.25, 0.3) is 5.69 Å². The average molecular weight is 498 g/mol. The molecule has 2 aliphatic rings. The van der Waals surface area contributed by atoms with E-state index in [1.807, 2.05) is 4.90 Å². The Balaban J connectivity index is 1.64. The fourth-order valence-corrected chi connectivity index (χ4v) is 5.85. The largest absolute Gasteiger partial charge is 0.379 e. The van der Waals surface area contributed by atoms with E-state index in [2.05, 4.69) is 24.1 Å². The number of nitro benzene ring substituents is 1. The minimum Gasteiger partial charge on any atom is -0.379 e. The Morgan fingerprint density at radius 1 is 1.18 bits per heavy atom. The number of nitrogens with one attached hydrogen (secondary N) is 1. The van der Waals surface area contributed by atoms with Gasteiger partial charge in [0.05, 0.1) is 23.0 Å². The molecule has 3 rings (SSSR count). The van der Waals surface area contributed by atoms with Crippen LogP contribution in [0.2, 0.25) is 0 Å². The number of piperidine rings is 1. The molecule has 1 N–H and O–H groups in total. The summed E-state index contributed by atoms with van der Waals surface area (Å²) in [6.45, 7) is 9.51. The normalized spacial score (nSPS) is 18.3. The van der Waals surface area contributed by atoms with Gasteiger partial charge in [0.2, 0.25) is 15.9 Å². The van der Waals surface area contributed by atoms with Crippen LogP contribution in [0.1, 0.15) is 26.7 Å². The lowest BCUT2D eigenvalue weighted by atomic mass is 9.95. The van der Waals surface area contributed by atoms with Crippen molar-refractivity contribution in [1.82, 2.24) is 14.5 Å². The van der Waals surface area contributed by atoms with Crippen LogP contribution in [0.15, 0.2) is 23.1 Å². The monoisotopic (exact) mass is 497 g/mol. The summed E-state index contributed by atoms with van der Waals surface area (Å²) in [5.41, 5.74) is 0.141. The number of carbonyl (C=O) groups is 1. The molecule has 11 nitrogen and oxygen atoms in total. The molecule has 190 valence electrons. The minimum atomic E-state index is -3.83. The van der Waals surface area contributed by atoms with Crippen molar-refractivity contribution in [2.75, 3.05) is 70.5 Å². The molecule has 2 fully saturated rings. The Kier molecular flexibility index (Phi) is 9.23. The maximum absolute atomic E-state index is 12.9. The van der Waals surface area contributed by atoms with Gasteiger partial charge in [0, 0.05) is 51.3 Å². The molecule has 12 heteroatoms. The van der Waals surface area contributed by atoms with Crippen molar-refractivity contribution in [3.8, 4) is 0 Å². The van der Waals surface area contributed by atoms with Crippen molar-refractivity contribution in [2.24, 2.45) is 5.92 Å². The van der Waals surface area contributed by atoms with Crippen LogP contribution in [-0.4, -0.2) is 94.0 Å². The summed E-state index contributed by atoms with van der Waals surface area (Å²) in [4.78, 5) is 27.8. The lowest BCUT2D eigenvalue weighted by Crippen LogP contribution is -2.43. The number of hydrogen-bond donors (Lipinski definition) is 1. The van der Waals surface area contributed by atoms with E-state index in [1.54, 1.807) is 0 Å². The quantitative estimate of drug-likeness (QED) is 0.379. The maximum Gasteiger partial charge on any atom is 0.293 e. The minimum absolute atomic E-state index is 0.0215. The summed E-state index contributed by atoms with van der Waals surface area (Å²) < 4.78 is 32.3. The lowest BCUT2D eigenvalue weighted by molar-refractivity contribution is -0.384. The highest BCUT2D eigenvalue weighted by Crippen LogP contribution is 2.34. The number of carbonyl (C=O) groups excluding carboxylic acids is 1. The third-order valence-corrected chi connectivity index (χ3v) is 8.47. The number of likely N-dealkylation sites (N-methyl/N-ethyl adjacent to an activating group) is 1. The third kappa shape index (κ3) is 6.23. The molecule has 0 aliphatic carbocycles. The van der Waals surface area contributed by atoms with E-state index in [0.717, 1.165) is 25.7 Å². The van der Waals surface area contributed by atoms with E-state index in [9.17, 15) is 23.3 Å². The number of morpholine rings is 1. The molecule has 0 atom stereocenters. The van der Waals surface area contributed by atoms with Crippen molar-refractivity contribution in [3.63, 3.8) is 0 Å². The summed E-state index contributed by atoms with van der Waals surface area (Å²) >= 11 is 0. The molecular weight excluding hydrogens is 462 g/mol. The number of sulfonamides is 1. The Morgan fingerprint density at radius 2 is 1.82 bits per heavy atom. The van der Waals surface area contributed by atoms with Gasteiger partial charge in [0.1, 0.15) is 5.69 Å². The van der Waals surface area contributed by atoms with E-state index < -0.39 is 14.9 Å². The second-order valence-corrected chi connectivity index (χ2v) is 10.4. The number of benzene rings is 1. The highest BCUT2D eigenvalue weighted by Gasteiger charge is 2.32. The summed E-state index contributed by atoms with van der Waals surface area (Å²) in [6.07, 6.45) is 1.17. The number of hydrogen-bond acceptors (Lipinski definition) is 8. The number of ether oxygens (including phenoxy) is 1. The zero-order valence-electron chi connectivity index (χ0n) is 19.9. The standard InChI is InChI=1S/C22H35N5O6S/c1-3-24(4-2)12-9-23-22(28)18-7-10-25(11-8-18)20-6-5-19(17-21(20)27(29)30)34(31,32)26-13-15-33-16-14-26/h5-6,17-18H,3-4,7-16H2,1-2H3,(H,23,28). The first-order chi connectivity index (χ1) is 16.3. The molecule has 2 saturated heterocycles. The van der Waals surface area contributed by atoms with Crippen molar-refractivity contribution >= 4 is 27.3 Å². The number of nitro groups is 1. The van der Waals surface area contributed by atoms with Gasteiger partial charge in [-0.2, -0.15) is 4.31 Å². The maximum atomic E-state index is 12.9. The first-order valence-electron chi connectivity index (χ1n) is 11.9. The number of nitrogens with zero attached hydrogens (tertiary/aromatic N) is 4. The van der Waals surface area contributed by atoms with Crippen molar-refractivity contribution in [3.05, 3.63) is 28.3 Å². The molecule has 0 unspecified atom stereocenters. The number of amides is 1. The van der Waals surface area contributed by atoms with Crippen LogP contribution >= 0.6 is 0 Å². The van der Waals surface area contributed by atoms with E-state index in [4.69, 9.17) is 4.74 Å². The molecule has 0 radical (unpaired) electrons. The highest BCUT2D eigenvalue weighted by atomic mass is 32.2. The SMILES string of the molecule is CCN(CC)CCNC(=O)C1CCN(c2ccc(S(=O)(=O)N3CCOCC3)cc2[N+](=O)[O-])CC1. The number of anilines is 1. The second-order valence-electron chi connectivity index (χ2n) is 8.50. The van der Waals surface area contributed by atoms with Crippen LogP contribution in [0.5, 0.6) is 0 Å². The van der Waals surface area contributed by atoms with Gasteiger partial charge in [-0.15, -0.1) is 0 Å². The van der Waals surface area contributed by atoms with E-state index in [-0.39, 0.29) is 35.5 Å². The molecule has 34 heavy (non-hydrogen) atoms. The fourth-order valence-electron chi connectivity index (χ4n) is 4.42. The Bertz CT molecular complexity index is 955. The molecule has 0 spiro atoms. The van der Waals surface area contributed by atoms with Crippen molar-refractivity contribution in [1.29, 1.82) is 0 Å².